The molecule has 1 aromatic heterocycles. The van der Waals surface area contributed by atoms with E-state index in [0.717, 1.165) is 16.7 Å². The molecule has 1 aliphatic rings. The number of hydrogen-bond acceptors (Lipinski definition) is 4. The summed E-state index contributed by atoms with van der Waals surface area (Å²) >= 11 is 0. The maximum Gasteiger partial charge on any atom is 0.255 e. The third kappa shape index (κ3) is 4.46. The van der Waals surface area contributed by atoms with Crippen LogP contribution in [0.5, 0.6) is 0 Å². The molecule has 0 spiro atoms. The van der Waals surface area contributed by atoms with E-state index in [1.165, 1.54) is 18.3 Å². The Morgan fingerprint density at radius 3 is 2.58 bits per heavy atom. The second kappa shape index (κ2) is 8.65. The van der Waals surface area contributed by atoms with Gasteiger partial charge in [-0.15, -0.1) is 0 Å². The fourth-order valence-corrected chi connectivity index (χ4v) is 3.83. The summed E-state index contributed by atoms with van der Waals surface area (Å²) < 4.78 is 19.5. The van der Waals surface area contributed by atoms with Crippen LogP contribution in [-0.4, -0.2) is 47.0 Å². The summed E-state index contributed by atoms with van der Waals surface area (Å²) in [4.78, 5) is 30.9. The van der Waals surface area contributed by atoms with Crippen LogP contribution in [0.3, 0.4) is 0 Å². The van der Waals surface area contributed by atoms with Crippen LogP contribution in [0.15, 0.2) is 73.1 Å². The predicted molar refractivity (Wildman–Crippen MR) is 114 cm³/mol. The third-order valence-corrected chi connectivity index (χ3v) is 5.41. The monoisotopic (exact) mass is 419 g/mol. The minimum atomic E-state index is -1.35. The van der Waals surface area contributed by atoms with Crippen molar-refractivity contribution in [3.8, 4) is 11.1 Å². The Morgan fingerprint density at radius 1 is 1.10 bits per heavy atom. The average molecular weight is 419 g/mol. The molecule has 2 heterocycles. The first kappa shape index (κ1) is 20.7. The summed E-state index contributed by atoms with van der Waals surface area (Å²) in [6.07, 6.45) is 3.28. The number of benzene rings is 2. The van der Waals surface area contributed by atoms with Crippen LogP contribution >= 0.6 is 0 Å². The van der Waals surface area contributed by atoms with Crippen LogP contribution in [0.1, 0.15) is 15.9 Å². The van der Waals surface area contributed by atoms with Crippen molar-refractivity contribution in [2.24, 2.45) is 5.73 Å². The van der Waals surface area contributed by atoms with E-state index in [2.05, 4.69) is 4.98 Å². The summed E-state index contributed by atoms with van der Waals surface area (Å²) in [5, 5.41) is 0. The first-order valence-corrected chi connectivity index (χ1v) is 9.95. The van der Waals surface area contributed by atoms with E-state index >= 15 is 0 Å². The molecule has 31 heavy (non-hydrogen) atoms. The lowest BCUT2D eigenvalue weighted by atomic mass is 9.90. The average Bonchev–Trinajstić information content (AvgIpc) is 2.79. The minimum absolute atomic E-state index is 0.0419. The number of carbonyl (C=O) groups is 2. The largest absolute Gasteiger partial charge is 0.367 e. The van der Waals surface area contributed by atoms with Gasteiger partial charge in [-0.05, 0) is 41.0 Å². The minimum Gasteiger partial charge on any atom is -0.367 e. The van der Waals surface area contributed by atoms with Crippen molar-refractivity contribution in [3.63, 3.8) is 0 Å². The molecule has 4 rings (SSSR count). The molecule has 1 saturated heterocycles. The first-order valence-electron chi connectivity index (χ1n) is 9.95. The molecule has 6 nitrogen and oxygen atoms in total. The predicted octanol–water partition coefficient (Wildman–Crippen LogP) is 2.83. The number of rotatable bonds is 5. The van der Waals surface area contributed by atoms with Gasteiger partial charge in [-0.3, -0.25) is 14.6 Å². The zero-order chi connectivity index (χ0) is 21.8. The highest BCUT2D eigenvalue weighted by atomic mass is 19.1. The van der Waals surface area contributed by atoms with Gasteiger partial charge >= 0.3 is 0 Å². The number of nitrogens with two attached hydrogens (primary N) is 1. The summed E-state index contributed by atoms with van der Waals surface area (Å²) in [7, 11) is 0. The van der Waals surface area contributed by atoms with Crippen molar-refractivity contribution in [2.75, 3.05) is 19.7 Å². The number of amides is 2. The van der Waals surface area contributed by atoms with Crippen LogP contribution in [-0.2, 0) is 16.0 Å². The highest BCUT2D eigenvalue weighted by Crippen LogP contribution is 2.27. The maximum atomic E-state index is 13.6. The number of ether oxygens (including phenoxy) is 1. The van der Waals surface area contributed by atoms with Gasteiger partial charge in [0.25, 0.3) is 11.8 Å². The van der Waals surface area contributed by atoms with Crippen molar-refractivity contribution in [3.05, 3.63) is 90.0 Å². The Morgan fingerprint density at radius 2 is 1.87 bits per heavy atom. The summed E-state index contributed by atoms with van der Waals surface area (Å²) in [6, 6.07) is 17.1. The van der Waals surface area contributed by atoms with Crippen LogP contribution in [0.4, 0.5) is 4.39 Å². The fraction of sp³-hybridized carbons (Fsp3) is 0.208. The van der Waals surface area contributed by atoms with Crippen molar-refractivity contribution in [1.82, 2.24) is 9.88 Å². The van der Waals surface area contributed by atoms with Gasteiger partial charge < -0.3 is 15.4 Å². The first-order chi connectivity index (χ1) is 15.0. The third-order valence-electron chi connectivity index (χ3n) is 5.41. The van der Waals surface area contributed by atoms with Gasteiger partial charge in [0.2, 0.25) is 0 Å². The molecule has 0 radical (unpaired) electrons. The van der Waals surface area contributed by atoms with Crippen LogP contribution < -0.4 is 5.73 Å². The van der Waals surface area contributed by atoms with E-state index in [-0.39, 0.29) is 31.3 Å². The summed E-state index contributed by atoms with van der Waals surface area (Å²) in [5.41, 5.74) is 7.19. The van der Waals surface area contributed by atoms with Gasteiger partial charge in [0.1, 0.15) is 5.82 Å². The van der Waals surface area contributed by atoms with E-state index in [1.807, 2.05) is 30.3 Å². The lowest BCUT2D eigenvalue weighted by Crippen LogP contribution is -2.61. The molecule has 1 atom stereocenters. The molecular weight excluding hydrogens is 397 g/mol. The number of halogens is 1. The summed E-state index contributed by atoms with van der Waals surface area (Å²) in [5.74, 6) is -1.18. The topological polar surface area (TPSA) is 85.5 Å². The van der Waals surface area contributed by atoms with Crippen LogP contribution in [0.25, 0.3) is 11.1 Å². The van der Waals surface area contributed by atoms with Gasteiger partial charge in [0.15, 0.2) is 5.60 Å². The van der Waals surface area contributed by atoms with Gasteiger partial charge in [-0.1, -0.05) is 36.4 Å². The van der Waals surface area contributed by atoms with E-state index < -0.39 is 11.5 Å². The molecule has 0 bridgehead atoms. The molecule has 3 aromatic rings. The van der Waals surface area contributed by atoms with Crippen molar-refractivity contribution < 1.29 is 18.7 Å². The summed E-state index contributed by atoms with van der Waals surface area (Å²) in [6.45, 7) is 0.588. The second-order valence-corrected chi connectivity index (χ2v) is 7.56. The van der Waals surface area contributed by atoms with E-state index in [4.69, 9.17) is 10.5 Å². The SMILES string of the molecule is NC(=O)[C@]1(Cc2cccc(-c3cccc(F)c3)c2)CN(C(=O)c2cccnc2)CCO1. The lowest BCUT2D eigenvalue weighted by Gasteiger charge is -2.40. The van der Waals surface area contributed by atoms with Gasteiger partial charge in [-0.25, -0.2) is 4.39 Å². The maximum absolute atomic E-state index is 13.6. The normalized spacial score (nSPS) is 18.5. The van der Waals surface area contributed by atoms with Crippen molar-refractivity contribution in [2.45, 2.75) is 12.0 Å². The Labute approximate surface area is 179 Å². The van der Waals surface area contributed by atoms with E-state index in [1.54, 1.807) is 29.3 Å². The Bertz CT molecular complexity index is 1110. The van der Waals surface area contributed by atoms with Gasteiger partial charge in [-0.2, -0.15) is 0 Å². The number of carbonyl (C=O) groups excluding carboxylic acids is 2. The standard InChI is InChI=1S/C24H22FN3O3/c25-21-8-2-6-19(13-21)18-5-1-4-17(12-18)14-24(23(26)30)16-28(10-11-31-24)22(29)20-7-3-9-27-15-20/h1-9,12-13,15H,10-11,14,16H2,(H2,26,30)/t24-/m0/s1. The molecule has 1 aliphatic heterocycles. The number of primary amides is 1. The number of hydrogen-bond donors (Lipinski definition) is 1. The number of nitrogens with zero attached hydrogens (tertiary/aromatic N) is 2. The molecule has 2 aromatic carbocycles. The lowest BCUT2D eigenvalue weighted by molar-refractivity contribution is -0.153. The zero-order valence-corrected chi connectivity index (χ0v) is 16.8. The Kier molecular flexibility index (Phi) is 5.77. The Hall–Kier alpha value is -3.58. The molecule has 158 valence electrons. The second-order valence-electron chi connectivity index (χ2n) is 7.56. The molecule has 7 heteroatoms. The van der Waals surface area contributed by atoms with Crippen LogP contribution in [0, 0.1) is 5.82 Å². The van der Waals surface area contributed by atoms with E-state index in [0.29, 0.717) is 12.1 Å². The van der Waals surface area contributed by atoms with Crippen molar-refractivity contribution >= 4 is 11.8 Å². The quantitative estimate of drug-likeness (QED) is 0.689. The molecule has 0 aliphatic carbocycles. The number of pyridine rings is 1. The molecule has 2 N–H and O–H groups in total. The molecule has 1 fully saturated rings. The molecule has 2 amide bonds. The highest BCUT2D eigenvalue weighted by Gasteiger charge is 2.44. The highest BCUT2D eigenvalue weighted by molar-refractivity contribution is 5.95. The Balaban J connectivity index is 1.60. The van der Waals surface area contributed by atoms with Crippen LogP contribution in [0.2, 0.25) is 0 Å². The zero-order valence-electron chi connectivity index (χ0n) is 16.8. The number of aromatic nitrogens is 1. The van der Waals surface area contributed by atoms with Gasteiger partial charge in [0.05, 0.1) is 18.7 Å². The molecular formula is C24H22FN3O3. The molecule has 0 saturated carbocycles. The molecule has 0 unspecified atom stereocenters. The number of morpholine rings is 1. The van der Waals surface area contributed by atoms with Crippen molar-refractivity contribution in [1.29, 1.82) is 0 Å². The smallest absolute Gasteiger partial charge is 0.255 e. The van der Waals surface area contributed by atoms with Gasteiger partial charge in [0, 0.05) is 25.4 Å². The van der Waals surface area contributed by atoms with E-state index in [9.17, 15) is 14.0 Å². The fourth-order valence-electron chi connectivity index (χ4n) is 3.83.